The molecule has 1 aromatic carbocycles. The lowest BCUT2D eigenvalue weighted by Crippen LogP contribution is -2.68. The van der Waals surface area contributed by atoms with Crippen molar-refractivity contribution in [3.8, 4) is 5.75 Å². The molecule has 0 aromatic heterocycles. The van der Waals surface area contributed by atoms with E-state index in [0.29, 0.717) is 17.8 Å². The number of phenols is 1. The number of fused-ring (bicyclic) bond motifs is 3. The fraction of sp³-hybridized carbons (Fsp3) is 0.618. The predicted octanol–water partition coefficient (Wildman–Crippen LogP) is 3.99. The number of hydrogen-bond acceptors (Lipinski definition) is 10. The summed E-state index contributed by atoms with van der Waals surface area (Å²) in [7, 11) is 3.01. The molecule has 0 saturated heterocycles. The van der Waals surface area contributed by atoms with Crippen molar-refractivity contribution in [3.05, 3.63) is 45.9 Å². The number of rotatable bonds is 14. The average molecular weight is 628 g/mol. The number of ketones is 2. The zero-order valence-corrected chi connectivity index (χ0v) is 26.8. The van der Waals surface area contributed by atoms with Gasteiger partial charge in [0.25, 0.3) is 5.91 Å². The van der Waals surface area contributed by atoms with Gasteiger partial charge in [-0.25, -0.2) is 0 Å². The maximum absolute atomic E-state index is 14.0. The highest BCUT2D eigenvalue weighted by Crippen LogP contribution is 2.56. The van der Waals surface area contributed by atoms with E-state index in [-0.39, 0.29) is 11.3 Å². The Hall–Kier alpha value is -3.41. The van der Waals surface area contributed by atoms with E-state index in [1.54, 1.807) is 19.1 Å². The first-order valence-corrected chi connectivity index (χ1v) is 16.2. The van der Waals surface area contributed by atoms with Gasteiger partial charge in [0.1, 0.15) is 22.8 Å². The zero-order chi connectivity index (χ0) is 33.2. The van der Waals surface area contributed by atoms with Crippen molar-refractivity contribution in [2.75, 3.05) is 26.0 Å². The molecule has 3 aliphatic rings. The number of benzene rings is 1. The Kier molecular flexibility index (Phi) is 10.7. The fourth-order valence-electron chi connectivity index (χ4n) is 7.60. The van der Waals surface area contributed by atoms with Crippen LogP contribution in [-0.4, -0.2) is 86.3 Å². The van der Waals surface area contributed by atoms with Crippen molar-refractivity contribution in [3.63, 3.8) is 0 Å². The third-order valence-electron chi connectivity index (χ3n) is 9.98. The molecule has 0 heterocycles. The third kappa shape index (κ3) is 5.97. The number of nitrogens with two attached hydrogens (primary N) is 1. The molecule has 45 heavy (non-hydrogen) atoms. The van der Waals surface area contributed by atoms with Gasteiger partial charge in [-0.1, -0.05) is 77.7 Å². The van der Waals surface area contributed by atoms with Crippen LogP contribution >= 0.6 is 0 Å². The summed E-state index contributed by atoms with van der Waals surface area (Å²) < 4.78 is 0. The number of anilines is 1. The first kappa shape index (κ1) is 34.5. The number of primary amides is 1. The normalized spacial score (nSPS) is 27.8. The minimum absolute atomic E-state index is 0.0939. The third-order valence-corrected chi connectivity index (χ3v) is 9.98. The van der Waals surface area contributed by atoms with Crippen LogP contribution in [-0.2, 0) is 9.59 Å². The van der Waals surface area contributed by atoms with E-state index < -0.39 is 75.6 Å². The lowest BCUT2D eigenvalue weighted by molar-refractivity contribution is -0.162. The summed E-state index contributed by atoms with van der Waals surface area (Å²) in [6.45, 7) is 4.51. The summed E-state index contributed by atoms with van der Waals surface area (Å²) >= 11 is 0. The van der Waals surface area contributed by atoms with Crippen molar-refractivity contribution >= 4 is 23.2 Å². The van der Waals surface area contributed by atoms with E-state index in [1.807, 2.05) is 0 Å². The molecule has 11 heteroatoms. The lowest BCUT2D eigenvalue weighted by atomic mass is 9.55. The summed E-state index contributed by atoms with van der Waals surface area (Å²) in [6.07, 6.45) is 10.3. The Labute approximate surface area is 264 Å². The molecule has 4 rings (SSSR count). The smallest absolute Gasteiger partial charge is 0.255 e. The highest BCUT2D eigenvalue weighted by Gasteiger charge is 2.67. The number of aliphatic hydroxyl groups excluding tert-OH is 3. The van der Waals surface area contributed by atoms with Gasteiger partial charge in [0, 0.05) is 18.0 Å². The summed E-state index contributed by atoms with van der Waals surface area (Å²) in [4.78, 5) is 41.1. The lowest BCUT2D eigenvalue weighted by Gasteiger charge is -2.53. The molecule has 1 aromatic rings. The van der Waals surface area contributed by atoms with Crippen molar-refractivity contribution < 1.29 is 39.9 Å². The van der Waals surface area contributed by atoms with Gasteiger partial charge in [0.05, 0.1) is 29.3 Å². The van der Waals surface area contributed by atoms with Crippen LogP contribution in [0.15, 0.2) is 34.8 Å². The predicted molar refractivity (Wildman–Crippen MR) is 170 cm³/mol. The Morgan fingerprint density at radius 1 is 0.978 bits per heavy atom. The van der Waals surface area contributed by atoms with Gasteiger partial charge in [-0.05, 0) is 38.1 Å². The molecule has 6 atom stereocenters. The summed E-state index contributed by atoms with van der Waals surface area (Å²) in [5.74, 6) is -8.90. The molecule has 11 nitrogen and oxygen atoms in total. The quantitative estimate of drug-likeness (QED) is 0.0901. The zero-order valence-electron chi connectivity index (χ0n) is 26.8. The molecule has 0 spiro atoms. The summed E-state index contributed by atoms with van der Waals surface area (Å²) in [6, 6.07) is 2.08. The highest BCUT2D eigenvalue weighted by atomic mass is 16.4. The number of carbonyl (C=O) groups is 3. The van der Waals surface area contributed by atoms with Crippen molar-refractivity contribution in [1.82, 2.24) is 4.90 Å². The van der Waals surface area contributed by atoms with Gasteiger partial charge in [0.2, 0.25) is 5.78 Å². The van der Waals surface area contributed by atoms with E-state index in [1.165, 1.54) is 63.9 Å². The molecule has 248 valence electrons. The first-order valence-electron chi connectivity index (χ1n) is 16.2. The maximum atomic E-state index is 14.0. The number of hydrogen-bond donors (Lipinski definition) is 7. The second-order valence-corrected chi connectivity index (χ2v) is 13.1. The SMILES string of the molecule is CCCCCCCCCCCCNc1ccc2c(c1O)C(=O)C1=C(O)[C@]3(O)C(=O)C(C(N)=O)=C(O)[C@@H](N(C)C)C3[C@@H](O)C1[C@H]2C. The Morgan fingerprint density at radius 2 is 1.56 bits per heavy atom. The van der Waals surface area contributed by atoms with Gasteiger partial charge in [-0.15, -0.1) is 0 Å². The highest BCUT2D eigenvalue weighted by molar-refractivity contribution is 6.25. The summed E-state index contributed by atoms with van der Waals surface area (Å²) in [5.41, 5.74) is 1.80. The van der Waals surface area contributed by atoms with E-state index in [0.717, 1.165) is 19.3 Å². The molecule has 8 N–H and O–H groups in total. The molecule has 0 saturated carbocycles. The Bertz CT molecular complexity index is 1390. The average Bonchev–Trinajstić information content (AvgIpc) is 2.98. The van der Waals surface area contributed by atoms with E-state index in [4.69, 9.17) is 5.73 Å². The van der Waals surface area contributed by atoms with Crippen LogP contribution in [0, 0.1) is 11.8 Å². The molecule has 0 bridgehead atoms. The number of carbonyl (C=O) groups excluding carboxylic acids is 3. The van der Waals surface area contributed by atoms with Gasteiger partial charge >= 0.3 is 0 Å². The van der Waals surface area contributed by atoms with Crippen LogP contribution in [0.5, 0.6) is 5.75 Å². The number of phenolic OH excluding ortho intramolecular Hbond substituents is 1. The summed E-state index contributed by atoms with van der Waals surface area (Å²) in [5, 5.41) is 60.4. The second kappa shape index (κ2) is 13.9. The molecule has 2 unspecified atom stereocenters. The van der Waals surface area contributed by atoms with E-state index in [2.05, 4.69) is 12.2 Å². The Balaban J connectivity index is 1.58. The molecular weight excluding hydrogens is 578 g/mol. The monoisotopic (exact) mass is 627 g/mol. The van der Waals surface area contributed by atoms with E-state index >= 15 is 0 Å². The molecule has 3 aliphatic carbocycles. The van der Waals surface area contributed by atoms with Crippen LogP contribution in [0.1, 0.15) is 99.9 Å². The van der Waals surface area contributed by atoms with Gasteiger partial charge in [-0.3, -0.25) is 19.3 Å². The molecule has 0 fully saturated rings. The second-order valence-electron chi connectivity index (χ2n) is 13.1. The van der Waals surface area contributed by atoms with Crippen molar-refractivity contribution in [1.29, 1.82) is 0 Å². The molecule has 0 aliphatic heterocycles. The fourth-order valence-corrected chi connectivity index (χ4v) is 7.60. The minimum Gasteiger partial charge on any atom is -0.510 e. The number of aliphatic hydroxyl groups is 4. The number of nitrogens with one attached hydrogen (secondary N) is 1. The van der Waals surface area contributed by atoms with Crippen LogP contribution < -0.4 is 11.1 Å². The molecular formula is C34H49N3O8. The Morgan fingerprint density at radius 3 is 2.11 bits per heavy atom. The van der Waals surface area contributed by atoms with E-state index in [9.17, 15) is 39.9 Å². The first-order chi connectivity index (χ1) is 21.3. The maximum Gasteiger partial charge on any atom is 0.255 e. The number of likely N-dealkylation sites (N-methyl/N-ethyl adjacent to an activating group) is 1. The van der Waals surface area contributed by atoms with Gasteiger partial charge in [0.15, 0.2) is 11.4 Å². The topological polar surface area (TPSA) is 194 Å². The number of aromatic hydroxyl groups is 1. The van der Waals surface area contributed by atoms with Gasteiger partial charge in [-0.2, -0.15) is 0 Å². The van der Waals surface area contributed by atoms with Crippen LogP contribution in [0.4, 0.5) is 5.69 Å². The van der Waals surface area contributed by atoms with Gasteiger partial charge < -0.3 is 36.6 Å². The number of amides is 1. The standard InChI is InChI=1S/C34H49N3O8/c1-5-6-7-8-9-10-11-12-13-14-17-36-20-16-15-19-18(2)21-23(28(39)22(19)27(20)38)31(42)34(45)25(29(21)40)26(37(3)4)30(41)24(32(34)43)33(35)44/h15-16,18,21,25-26,29,36,38,40-42,45H,5-14,17H2,1-4H3,(H2,35,44)/t18-,21?,25?,26-,29-,34-/m0/s1. The van der Waals surface area contributed by atoms with Crippen molar-refractivity contribution in [2.45, 2.75) is 102 Å². The number of unbranched alkanes of at least 4 members (excludes halogenated alkanes) is 9. The largest absolute Gasteiger partial charge is 0.510 e. The minimum atomic E-state index is -2.93. The number of Topliss-reactive ketones (excluding diaryl/α,β-unsaturated/α-hetero) is 2. The van der Waals surface area contributed by atoms with Crippen molar-refractivity contribution in [2.24, 2.45) is 17.6 Å². The van der Waals surface area contributed by atoms with Crippen LogP contribution in [0.3, 0.4) is 0 Å². The molecule has 0 radical (unpaired) electrons. The number of nitrogens with zero attached hydrogens (tertiary/aromatic N) is 1. The molecule has 1 amide bonds. The van der Waals surface area contributed by atoms with Crippen LogP contribution in [0.25, 0.3) is 0 Å². The van der Waals surface area contributed by atoms with Crippen LogP contribution in [0.2, 0.25) is 0 Å².